The van der Waals surface area contributed by atoms with Gasteiger partial charge in [0, 0.05) is 6.07 Å². The van der Waals surface area contributed by atoms with Gasteiger partial charge in [-0.15, -0.1) is 0 Å². The van der Waals surface area contributed by atoms with Crippen molar-refractivity contribution in [2.24, 2.45) is 0 Å². The van der Waals surface area contributed by atoms with Gasteiger partial charge in [0.15, 0.2) is 5.76 Å². The molecule has 0 saturated heterocycles. The summed E-state index contributed by atoms with van der Waals surface area (Å²) in [5, 5.41) is 0. The standard InChI is InChI=1S/C24H17FO4/c1-14-5-3-7-17(9-14)24(27)28-19-10-15(2)22-20(13-19)29-21(23(22)26)12-16-6-4-8-18(25)11-16/h3-13H,1-2H3/b21-12-. The SMILES string of the molecule is Cc1cccc(C(=O)Oc2cc(C)c3c(c2)O/C(=C\c2cccc(F)c2)C3=O)c1. The molecule has 0 aliphatic carbocycles. The van der Waals surface area contributed by atoms with E-state index in [0.717, 1.165) is 5.56 Å². The quantitative estimate of drug-likeness (QED) is 0.348. The van der Waals surface area contributed by atoms with Crippen molar-refractivity contribution in [1.29, 1.82) is 0 Å². The molecule has 0 bridgehead atoms. The van der Waals surface area contributed by atoms with Crippen LogP contribution in [0.4, 0.5) is 4.39 Å². The van der Waals surface area contributed by atoms with Crippen molar-refractivity contribution in [3.05, 3.63) is 100 Å². The van der Waals surface area contributed by atoms with Gasteiger partial charge in [0.05, 0.1) is 11.1 Å². The lowest BCUT2D eigenvalue weighted by Crippen LogP contribution is -2.09. The molecule has 3 aromatic rings. The molecule has 0 spiro atoms. The molecule has 1 heterocycles. The third-order valence-corrected chi connectivity index (χ3v) is 4.55. The summed E-state index contributed by atoms with van der Waals surface area (Å²) in [5.74, 6) is -0.497. The highest BCUT2D eigenvalue weighted by molar-refractivity contribution is 6.15. The number of ether oxygens (including phenoxy) is 2. The molecular formula is C24H17FO4. The molecule has 0 aromatic heterocycles. The van der Waals surface area contributed by atoms with Crippen LogP contribution in [0.3, 0.4) is 0 Å². The van der Waals surface area contributed by atoms with Crippen molar-refractivity contribution >= 4 is 17.8 Å². The molecule has 1 aliphatic heterocycles. The second-order valence-electron chi connectivity index (χ2n) is 6.87. The van der Waals surface area contributed by atoms with E-state index >= 15 is 0 Å². The minimum absolute atomic E-state index is 0.0934. The summed E-state index contributed by atoms with van der Waals surface area (Å²) in [4.78, 5) is 25.1. The van der Waals surface area contributed by atoms with Crippen LogP contribution in [0.25, 0.3) is 6.08 Å². The van der Waals surface area contributed by atoms with E-state index in [0.29, 0.717) is 28.0 Å². The zero-order valence-electron chi connectivity index (χ0n) is 15.9. The average molecular weight is 388 g/mol. The molecule has 4 rings (SSSR count). The van der Waals surface area contributed by atoms with Gasteiger partial charge in [0.1, 0.15) is 17.3 Å². The Hall–Kier alpha value is -3.73. The van der Waals surface area contributed by atoms with Crippen LogP contribution in [-0.4, -0.2) is 11.8 Å². The Bertz CT molecular complexity index is 1180. The number of rotatable bonds is 3. The molecule has 0 fully saturated rings. The fourth-order valence-electron chi connectivity index (χ4n) is 3.22. The average Bonchev–Trinajstić information content (AvgIpc) is 2.97. The number of carbonyl (C=O) groups excluding carboxylic acids is 2. The number of aryl methyl sites for hydroxylation is 2. The third-order valence-electron chi connectivity index (χ3n) is 4.55. The number of ketones is 1. The summed E-state index contributed by atoms with van der Waals surface area (Å²) < 4.78 is 24.6. The highest BCUT2D eigenvalue weighted by atomic mass is 19.1. The summed E-state index contributed by atoms with van der Waals surface area (Å²) in [6, 6.07) is 16.1. The number of halogens is 1. The lowest BCUT2D eigenvalue weighted by Gasteiger charge is -2.08. The highest BCUT2D eigenvalue weighted by Gasteiger charge is 2.30. The maximum absolute atomic E-state index is 13.4. The van der Waals surface area contributed by atoms with Crippen molar-refractivity contribution in [3.63, 3.8) is 0 Å². The lowest BCUT2D eigenvalue weighted by molar-refractivity contribution is 0.0734. The molecule has 144 valence electrons. The van der Waals surface area contributed by atoms with Gasteiger partial charge in [-0.25, -0.2) is 9.18 Å². The van der Waals surface area contributed by atoms with Crippen LogP contribution in [-0.2, 0) is 0 Å². The molecular weight excluding hydrogens is 371 g/mol. The largest absolute Gasteiger partial charge is 0.452 e. The lowest BCUT2D eigenvalue weighted by atomic mass is 10.0. The summed E-state index contributed by atoms with van der Waals surface area (Å²) in [6.45, 7) is 3.64. The number of hydrogen-bond acceptors (Lipinski definition) is 4. The Morgan fingerprint density at radius 1 is 1.03 bits per heavy atom. The van der Waals surface area contributed by atoms with Crippen LogP contribution in [0.1, 0.15) is 37.4 Å². The van der Waals surface area contributed by atoms with E-state index in [1.807, 2.05) is 13.0 Å². The van der Waals surface area contributed by atoms with Gasteiger partial charge < -0.3 is 9.47 Å². The number of benzene rings is 3. The minimum atomic E-state index is -0.493. The van der Waals surface area contributed by atoms with E-state index in [1.54, 1.807) is 43.3 Å². The number of fused-ring (bicyclic) bond motifs is 1. The molecule has 1 aliphatic rings. The van der Waals surface area contributed by atoms with Gasteiger partial charge in [-0.2, -0.15) is 0 Å². The molecule has 0 unspecified atom stereocenters. The Balaban J connectivity index is 1.61. The first-order valence-corrected chi connectivity index (χ1v) is 9.04. The predicted molar refractivity (Wildman–Crippen MR) is 107 cm³/mol. The second kappa shape index (κ2) is 7.36. The molecule has 0 N–H and O–H groups in total. The normalized spacial score (nSPS) is 13.9. The first-order valence-electron chi connectivity index (χ1n) is 9.04. The highest BCUT2D eigenvalue weighted by Crippen LogP contribution is 2.37. The van der Waals surface area contributed by atoms with E-state index in [9.17, 15) is 14.0 Å². The van der Waals surface area contributed by atoms with E-state index < -0.39 is 11.8 Å². The Kier molecular flexibility index (Phi) is 4.72. The fourth-order valence-corrected chi connectivity index (χ4v) is 3.22. The van der Waals surface area contributed by atoms with Crippen LogP contribution < -0.4 is 9.47 Å². The van der Waals surface area contributed by atoms with Crippen molar-refractivity contribution in [2.45, 2.75) is 13.8 Å². The molecule has 0 saturated carbocycles. The topological polar surface area (TPSA) is 52.6 Å². The first-order chi connectivity index (χ1) is 13.9. The van der Waals surface area contributed by atoms with E-state index in [-0.39, 0.29) is 17.3 Å². The molecule has 0 amide bonds. The third kappa shape index (κ3) is 3.80. The van der Waals surface area contributed by atoms with Crippen molar-refractivity contribution < 1.29 is 23.5 Å². The Morgan fingerprint density at radius 2 is 1.83 bits per heavy atom. The molecule has 0 atom stereocenters. The fraction of sp³-hybridized carbons (Fsp3) is 0.0833. The number of esters is 1. The molecule has 4 nitrogen and oxygen atoms in total. The number of allylic oxidation sites excluding steroid dienone is 1. The van der Waals surface area contributed by atoms with Gasteiger partial charge in [-0.05, 0) is 61.4 Å². The number of Topliss-reactive ketones (excluding diaryl/α,β-unsaturated/α-hetero) is 1. The van der Waals surface area contributed by atoms with Gasteiger partial charge in [0.2, 0.25) is 5.78 Å². The zero-order valence-corrected chi connectivity index (χ0v) is 15.9. The van der Waals surface area contributed by atoms with E-state index in [2.05, 4.69) is 0 Å². The van der Waals surface area contributed by atoms with Gasteiger partial charge in [-0.3, -0.25) is 4.79 Å². The smallest absolute Gasteiger partial charge is 0.343 e. The molecule has 5 heteroatoms. The first kappa shape index (κ1) is 18.6. The Morgan fingerprint density at radius 3 is 2.59 bits per heavy atom. The van der Waals surface area contributed by atoms with E-state index in [1.165, 1.54) is 24.3 Å². The Labute approximate surface area is 167 Å². The minimum Gasteiger partial charge on any atom is -0.452 e. The second-order valence-corrected chi connectivity index (χ2v) is 6.87. The van der Waals surface area contributed by atoms with Gasteiger partial charge in [-0.1, -0.05) is 29.8 Å². The zero-order chi connectivity index (χ0) is 20.5. The maximum atomic E-state index is 13.4. The van der Waals surface area contributed by atoms with E-state index in [4.69, 9.17) is 9.47 Å². The summed E-state index contributed by atoms with van der Waals surface area (Å²) in [7, 11) is 0. The number of hydrogen-bond donors (Lipinski definition) is 0. The summed E-state index contributed by atoms with van der Waals surface area (Å²) >= 11 is 0. The van der Waals surface area contributed by atoms with Crippen LogP contribution >= 0.6 is 0 Å². The van der Waals surface area contributed by atoms with Crippen LogP contribution in [0.2, 0.25) is 0 Å². The summed E-state index contributed by atoms with van der Waals surface area (Å²) in [6.07, 6.45) is 1.49. The van der Waals surface area contributed by atoms with Crippen molar-refractivity contribution in [1.82, 2.24) is 0 Å². The van der Waals surface area contributed by atoms with Gasteiger partial charge >= 0.3 is 5.97 Å². The molecule has 29 heavy (non-hydrogen) atoms. The number of carbonyl (C=O) groups is 2. The summed E-state index contributed by atoms with van der Waals surface area (Å²) in [5.41, 5.74) is 2.94. The maximum Gasteiger partial charge on any atom is 0.343 e. The van der Waals surface area contributed by atoms with Crippen LogP contribution in [0.5, 0.6) is 11.5 Å². The predicted octanol–water partition coefficient (Wildman–Crippen LogP) is 5.28. The monoisotopic (exact) mass is 388 g/mol. The van der Waals surface area contributed by atoms with Crippen LogP contribution in [0.15, 0.2) is 66.4 Å². The van der Waals surface area contributed by atoms with Crippen molar-refractivity contribution in [2.75, 3.05) is 0 Å². The van der Waals surface area contributed by atoms with Gasteiger partial charge in [0.25, 0.3) is 0 Å². The molecule has 0 radical (unpaired) electrons. The van der Waals surface area contributed by atoms with Crippen LogP contribution in [0, 0.1) is 19.7 Å². The molecule has 3 aromatic carbocycles. The van der Waals surface area contributed by atoms with Crippen molar-refractivity contribution in [3.8, 4) is 11.5 Å².